The number of nitrogens with zero attached hydrogens (tertiary/aromatic N) is 1. The first kappa shape index (κ1) is 17.9. The van der Waals surface area contributed by atoms with Gasteiger partial charge in [0.1, 0.15) is 0 Å². The van der Waals surface area contributed by atoms with Crippen LogP contribution in [0.4, 0.5) is 0 Å². The van der Waals surface area contributed by atoms with Crippen molar-refractivity contribution in [1.82, 2.24) is 9.62 Å². The highest BCUT2D eigenvalue weighted by molar-refractivity contribution is 7.89. The highest BCUT2D eigenvalue weighted by atomic mass is 32.2. The highest BCUT2D eigenvalue weighted by Gasteiger charge is 2.32. The van der Waals surface area contributed by atoms with Gasteiger partial charge in [-0.2, -0.15) is 0 Å². The Morgan fingerprint density at radius 1 is 1.30 bits per heavy atom. The maximum absolute atomic E-state index is 12.4. The Labute approximate surface area is 138 Å². The number of rotatable bonds is 6. The molecular weight excluding hydrogens is 314 g/mol. The maximum Gasteiger partial charge on any atom is 0.242 e. The quantitative estimate of drug-likeness (QED) is 0.806. The van der Waals surface area contributed by atoms with Crippen LogP contribution in [0.15, 0.2) is 29.2 Å². The fraction of sp³-hybridized carbons (Fsp3) is 0.562. The molecule has 0 heterocycles. The number of nitrogens with one attached hydrogen (secondary N) is 1. The number of amides is 1. The lowest BCUT2D eigenvalue weighted by molar-refractivity contribution is -0.126. The van der Waals surface area contributed by atoms with Gasteiger partial charge in [-0.1, -0.05) is 24.6 Å². The average Bonchev–Trinajstić information content (AvgIpc) is 3.01. The zero-order chi connectivity index (χ0) is 17.0. The maximum atomic E-state index is 12.4. The van der Waals surface area contributed by atoms with Crippen LogP contribution in [0.25, 0.3) is 0 Å². The Kier molecular flexibility index (Phi) is 5.78. The van der Waals surface area contributed by atoms with Crippen molar-refractivity contribution in [3.05, 3.63) is 29.8 Å². The normalized spacial score (nSPS) is 21.6. The monoisotopic (exact) mass is 339 g/mol. The Bertz CT molecular complexity index is 658. The van der Waals surface area contributed by atoms with E-state index in [4.69, 9.17) is 5.73 Å². The minimum absolute atomic E-state index is 0.0324. The third-order valence-corrected chi connectivity index (χ3v) is 6.40. The van der Waals surface area contributed by atoms with Gasteiger partial charge in [-0.25, -0.2) is 12.7 Å². The topological polar surface area (TPSA) is 92.5 Å². The fourth-order valence-corrected chi connectivity index (χ4v) is 4.19. The summed E-state index contributed by atoms with van der Waals surface area (Å²) in [5.41, 5.74) is 6.31. The molecule has 6 nitrogen and oxygen atoms in total. The summed E-state index contributed by atoms with van der Waals surface area (Å²) < 4.78 is 25.9. The van der Waals surface area contributed by atoms with Gasteiger partial charge < -0.3 is 11.1 Å². The molecule has 1 aliphatic rings. The molecule has 0 bridgehead atoms. The predicted molar refractivity (Wildman–Crippen MR) is 89.0 cm³/mol. The Balaban J connectivity index is 2.11. The van der Waals surface area contributed by atoms with E-state index in [1.165, 1.54) is 18.4 Å². The van der Waals surface area contributed by atoms with Gasteiger partial charge in [0, 0.05) is 26.6 Å². The molecule has 128 valence electrons. The van der Waals surface area contributed by atoms with Crippen LogP contribution in [-0.4, -0.2) is 39.3 Å². The summed E-state index contributed by atoms with van der Waals surface area (Å²) in [6, 6.07) is 6.75. The van der Waals surface area contributed by atoms with E-state index in [0.29, 0.717) is 12.1 Å². The molecule has 1 saturated carbocycles. The molecule has 7 heteroatoms. The number of hydrogen-bond donors (Lipinski definition) is 2. The summed E-state index contributed by atoms with van der Waals surface area (Å²) in [6.07, 6.45) is 2.86. The largest absolute Gasteiger partial charge is 0.352 e. The number of sulfonamides is 1. The molecule has 0 saturated heterocycles. The summed E-state index contributed by atoms with van der Waals surface area (Å²) in [4.78, 5) is 12.6. The van der Waals surface area contributed by atoms with Gasteiger partial charge in [-0.05, 0) is 36.9 Å². The van der Waals surface area contributed by atoms with Gasteiger partial charge in [0.05, 0.1) is 4.90 Å². The van der Waals surface area contributed by atoms with Crippen LogP contribution < -0.4 is 11.1 Å². The second-order valence-electron chi connectivity index (χ2n) is 6.15. The molecule has 23 heavy (non-hydrogen) atoms. The highest BCUT2D eigenvalue weighted by Crippen LogP contribution is 2.31. The van der Waals surface area contributed by atoms with E-state index in [1.807, 2.05) is 0 Å². The van der Waals surface area contributed by atoms with Gasteiger partial charge in [0.25, 0.3) is 0 Å². The van der Waals surface area contributed by atoms with Crippen LogP contribution in [0.2, 0.25) is 0 Å². The molecule has 3 N–H and O–H groups in total. The first-order valence-electron chi connectivity index (χ1n) is 7.86. The van der Waals surface area contributed by atoms with E-state index < -0.39 is 10.0 Å². The number of nitrogens with two attached hydrogens (primary N) is 1. The molecule has 1 aliphatic carbocycles. The summed E-state index contributed by atoms with van der Waals surface area (Å²) in [5.74, 6) is 0.142. The van der Waals surface area contributed by atoms with E-state index in [9.17, 15) is 13.2 Å². The van der Waals surface area contributed by atoms with Crippen LogP contribution in [0.1, 0.15) is 24.8 Å². The first-order chi connectivity index (χ1) is 10.9. The Morgan fingerprint density at radius 2 is 2.00 bits per heavy atom. The van der Waals surface area contributed by atoms with Crippen molar-refractivity contribution >= 4 is 15.9 Å². The molecule has 0 aromatic heterocycles. The second-order valence-corrected chi connectivity index (χ2v) is 8.27. The summed E-state index contributed by atoms with van der Waals surface area (Å²) in [7, 11) is -0.538. The zero-order valence-electron chi connectivity index (χ0n) is 13.7. The lowest BCUT2D eigenvalue weighted by Gasteiger charge is -2.19. The molecule has 1 amide bonds. The molecular formula is C16H25N3O3S. The van der Waals surface area contributed by atoms with E-state index in [2.05, 4.69) is 5.32 Å². The second kappa shape index (κ2) is 7.42. The zero-order valence-corrected chi connectivity index (χ0v) is 14.5. The van der Waals surface area contributed by atoms with Crippen molar-refractivity contribution in [2.45, 2.75) is 30.7 Å². The third-order valence-electron chi connectivity index (χ3n) is 4.48. The van der Waals surface area contributed by atoms with Crippen molar-refractivity contribution in [2.75, 3.05) is 20.6 Å². The first-order valence-corrected chi connectivity index (χ1v) is 9.30. The molecule has 0 aliphatic heterocycles. The van der Waals surface area contributed by atoms with Gasteiger partial charge in [0.15, 0.2) is 0 Å². The molecule has 0 spiro atoms. The van der Waals surface area contributed by atoms with Crippen molar-refractivity contribution in [1.29, 1.82) is 0 Å². The van der Waals surface area contributed by atoms with Gasteiger partial charge in [0.2, 0.25) is 15.9 Å². The van der Waals surface area contributed by atoms with Crippen LogP contribution in [0.3, 0.4) is 0 Å². The van der Waals surface area contributed by atoms with Crippen molar-refractivity contribution in [3.63, 3.8) is 0 Å². The van der Waals surface area contributed by atoms with E-state index in [1.54, 1.807) is 24.3 Å². The number of benzene rings is 1. The Morgan fingerprint density at radius 3 is 2.65 bits per heavy atom. The molecule has 2 rings (SSSR count). The van der Waals surface area contributed by atoms with E-state index >= 15 is 0 Å². The Hall–Kier alpha value is -1.44. The average molecular weight is 339 g/mol. The van der Waals surface area contributed by atoms with Crippen molar-refractivity contribution in [3.8, 4) is 0 Å². The lowest BCUT2D eigenvalue weighted by atomic mass is 9.95. The molecule has 1 aromatic rings. The summed E-state index contributed by atoms with van der Waals surface area (Å²) >= 11 is 0. The van der Waals surface area contributed by atoms with E-state index in [0.717, 1.165) is 19.3 Å². The van der Waals surface area contributed by atoms with Crippen LogP contribution >= 0.6 is 0 Å². The van der Waals surface area contributed by atoms with Crippen LogP contribution in [-0.2, 0) is 21.4 Å². The van der Waals surface area contributed by atoms with Gasteiger partial charge in [-0.15, -0.1) is 0 Å². The smallest absolute Gasteiger partial charge is 0.242 e. The lowest BCUT2D eigenvalue weighted by Crippen LogP contribution is -2.35. The summed E-state index contributed by atoms with van der Waals surface area (Å²) in [5, 5.41) is 2.88. The molecule has 2 atom stereocenters. The van der Waals surface area contributed by atoms with Crippen molar-refractivity contribution in [2.24, 2.45) is 17.6 Å². The molecule has 0 unspecified atom stereocenters. The fourth-order valence-electron chi connectivity index (χ4n) is 3.08. The SMILES string of the molecule is CN(C)S(=O)(=O)c1ccccc1CNC(=O)[C@@H]1CCC[C@@H]1CN. The summed E-state index contributed by atoms with van der Waals surface area (Å²) in [6.45, 7) is 0.722. The molecule has 1 fully saturated rings. The third kappa shape index (κ3) is 3.91. The number of carbonyl (C=O) groups is 1. The van der Waals surface area contributed by atoms with Crippen LogP contribution in [0, 0.1) is 11.8 Å². The minimum atomic E-state index is -3.53. The number of hydrogen-bond acceptors (Lipinski definition) is 4. The molecule has 0 radical (unpaired) electrons. The van der Waals surface area contributed by atoms with E-state index in [-0.39, 0.29) is 29.2 Å². The minimum Gasteiger partial charge on any atom is -0.352 e. The number of carbonyl (C=O) groups excluding carboxylic acids is 1. The van der Waals surface area contributed by atoms with Crippen molar-refractivity contribution < 1.29 is 13.2 Å². The molecule has 1 aromatic carbocycles. The van der Waals surface area contributed by atoms with Crippen LogP contribution in [0.5, 0.6) is 0 Å². The standard InChI is InChI=1S/C16H25N3O3S/c1-19(2)23(21,22)15-9-4-3-6-13(15)11-18-16(20)14-8-5-7-12(14)10-17/h3-4,6,9,12,14H,5,7-8,10-11,17H2,1-2H3,(H,18,20)/t12-,14-/m1/s1. The van der Waals surface area contributed by atoms with Gasteiger partial charge >= 0.3 is 0 Å². The van der Waals surface area contributed by atoms with Gasteiger partial charge in [-0.3, -0.25) is 4.79 Å². The predicted octanol–water partition coefficient (Wildman–Crippen LogP) is 0.928.